The van der Waals surface area contributed by atoms with Crippen LogP contribution in [0.3, 0.4) is 0 Å². The fourth-order valence-electron chi connectivity index (χ4n) is 15.0. The average Bonchev–Trinajstić information content (AvgIpc) is 3.26. The van der Waals surface area contributed by atoms with Gasteiger partial charge in [0, 0.05) is 0 Å². The highest BCUT2D eigenvalue weighted by Gasteiger charge is 2.70. The Morgan fingerprint density at radius 2 is 1.24 bits per heavy atom. The van der Waals surface area contributed by atoms with Crippen molar-refractivity contribution >= 4 is 11.9 Å². The van der Waals surface area contributed by atoms with Crippen LogP contribution >= 0.6 is 0 Å². The number of aliphatic hydroxyl groups is 10. The predicted octanol–water partition coefficient (Wildman–Crippen LogP) is 0.233. The van der Waals surface area contributed by atoms with E-state index in [2.05, 4.69) is 54.5 Å². The summed E-state index contributed by atoms with van der Waals surface area (Å²) < 4.78 is 35.7. The first-order valence-electron chi connectivity index (χ1n) is 24.3. The van der Waals surface area contributed by atoms with Crippen molar-refractivity contribution in [2.75, 3.05) is 13.2 Å². The lowest BCUT2D eigenvalue weighted by Crippen LogP contribution is -2.67. The molecule has 0 spiro atoms. The second-order valence-electron chi connectivity index (χ2n) is 23.5. The molecule has 67 heavy (non-hydrogen) atoms. The quantitative estimate of drug-likeness (QED) is 0.0838. The number of rotatable bonds is 9. The molecule has 0 aromatic heterocycles. The van der Waals surface area contributed by atoms with Crippen molar-refractivity contribution in [2.24, 2.45) is 50.2 Å². The minimum absolute atomic E-state index is 0.0828. The molecule has 8 rings (SSSR count). The summed E-state index contributed by atoms with van der Waals surface area (Å²) in [4.78, 5) is 27.0. The van der Waals surface area contributed by atoms with Crippen LogP contribution in [0.1, 0.15) is 113 Å². The van der Waals surface area contributed by atoms with Gasteiger partial charge in [0.25, 0.3) is 0 Å². The van der Waals surface area contributed by atoms with E-state index < -0.39 is 134 Å². The first-order valence-corrected chi connectivity index (χ1v) is 24.3. The van der Waals surface area contributed by atoms with E-state index in [1.165, 1.54) is 5.57 Å². The van der Waals surface area contributed by atoms with E-state index in [1.807, 2.05) is 0 Å². The lowest BCUT2D eigenvalue weighted by Gasteiger charge is -2.71. The first-order chi connectivity index (χ1) is 31.2. The molecule has 7 fully saturated rings. The number of hydrogen-bond donors (Lipinski definition) is 11. The van der Waals surface area contributed by atoms with Crippen molar-refractivity contribution in [3.63, 3.8) is 0 Å². The van der Waals surface area contributed by atoms with Crippen LogP contribution in [0.25, 0.3) is 0 Å². The Hall–Kier alpha value is -1.92. The predicted molar refractivity (Wildman–Crippen MR) is 231 cm³/mol. The molecule has 19 heteroatoms. The molecule has 382 valence electrons. The number of carboxylic acids is 1. The highest BCUT2D eigenvalue weighted by Crippen LogP contribution is 2.76. The van der Waals surface area contributed by atoms with E-state index in [1.54, 1.807) is 0 Å². The van der Waals surface area contributed by atoms with E-state index in [0.717, 1.165) is 38.5 Å². The highest BCUT2D eigenvalue weighted by molar-refractivity contribution is 5.79. The normalized spacial score (nSPS) is 52.6. The molecule has 11 N–H and O–H groups in total. The monoisotopic (exact) mass is 956 g/mol. The van der Waals surface area contributed by atoms with Crippen LogP contribution in [0.5, 0.6) is 0 Å². The first kappa shape index (κ1) is 51.4. The Morgan fingerprint density at radius 1 is 0.642 bits per heavy atom. The summed E-state index contributed by atoms with van der Waals surface area (Å²) in [7, 11) is 0. The molecular weight excluding hydrogens is 881 g/mol. The molecule has 0 unspecified atom stereocenters. The van der Waals surface area contributed by atoms with Crippen molar-refractivity contribution in [1.29, 1.82) is 0 Å². The summed E-state index contributed by atoms with van der Waals surface area (Å²) in [5.41, 5.74) is -1.05. The molecular formula is C48H76O19. The Bertz CT molecular complexity index is 1870. The van der Waals surface area contributed by atoms with E-state index in [-0.39, 0.29) is 39.4 Å². The van der Waals surface area contributed by atoms with Gasteiger partial charge in [-0.3, -0.25) is 4.79 Å². The van der Waals surface area contributed by atoms with Gasteiger partial charge in [-0.25, -0.2) is 4.79 Å². The molecule has 0 amide bonds. The molecule has 19 nitrogen and oxygen atoms in total. The summed E-state index contributed by atoms with van der Waals surface area (Å²) in [5.74, 6) is -1.94. The lowest BCUT2D eigenvalue weighted by atomic mass is 9.33. The maximum Gasteiger partial charge on any atom is 0.335 e. The number of carboxylic acid groups (broad SMARTS) is 1. The smallest absolute Gasteiger partial charge is 0.335 e. The van der Waals surface area contributed by atoms with Crippen LogP contribution in [0.2, 0.25) is 0 Å². The Kier molecular flexibility index (Phi) is 13.8. The molecule has 8 aliphatic rings. The zero-order chi connectivity index (χ0) is 49.1. The summed E-state index contributed by atoms with van der Waals surface area (Å²) in [5, 5.41) is 115. The van der Waals surface area contributed by atoms with Gasteiger partial charge in [0.15, 0.2) is 18.7 Å². The number of carbonyl (C=O) groups excluding carboxylic acids is 1. The fourth-order valence-corrected chi connectivity index (χ4v) is 15.0. The number of allylic oxidation sites excluding steroid dienone is 2. The number of fused-ring (bicyclic) bond motifs is 7. The van der Waals surface area contributed by atoms with Crippen LogP contribution in [-0.2, 0) is 38.0 Å². The maximum atomic E-state index is 14.7. The molecule has 3 saturated heterocycles. The molecule has 5 aliphatic carbocycles. The fraction of sp³-hybridized carbons (Fsp3) is 0.917. The molecule has 0 radical (unpaired) electrons. The zero-order valence-electron chi connectivity index (χ0n) is 39.7. The minimum Gasteiger partial charge on any atom is -0.479 e. The topological polar surface area (TPSA) is 312 Å². The van der Waals surface area contributed by atoms with Crippen LogP contribution < -0.4 is 0 Å². The van der Waals surface area contributed by atoms with Gasteiger partial charge in [-0.2, -0.15) is 0 Å². The van der Waals surface area contributed by atoms with Crippen molar-refractivity contribution in [3.8, 4) is 0 Å². The summed E-state index contributed by atoms with van der Waals surface area (Å²) in [6, 6.07) is 0. The van der Waals surface area contributed by atoms with Gasteiger partial charge in [-0.1, -0.05) is 60.1 Å². The number of hydrogen-bond acceptors (Lipinski definition) is 18. The molecule has 0 aromatic rings. The zero-order valence-corrected chi connectivity index (χ0v) is 39.7. The number of carbonyl (C=O) groups is 2. The van der Waals surface area contributed by atoms with Crippen molar-refractivity contribution in [3.05, 3.63) is 11.6 Å². The number of aliphatic carboxylic acids is 1. The van der Waals surface area contributed by atoms with Crippen LogP contribution in [0.15, 0.2) is 11.6 Å². The van der Waals surface area contributed by atoms with Gasteiger partial charge in [0.1, 0.15) is 67.1 Å². The van der Waals surface area contributed by atoms with E-state index in [4.69, 9.17) is 28.4 Å². The van der Waals surface area contributed by atoms with E-state index in [0.29, 0.717) is 25.7 Å². The average molecular weight is 957 g/mol. The summed E-state index contributed by atoms with van der Waals surface area (Å²) in [6.45, 7) is 14.4. The summed E-state index contributed by atoms with van der Waals surface area (Å²) in [6.07, 6.45) is -16.4. The van der Waals surface area contributed by atoms with Gasteiger partial charge in [-0.05, 0) is 109 Å². The van der Waals surface area contributed by atoms with Gasteiger partial charge in [0.05, 0.1) is 24.7 Å². The van der Waals surface area contributed by atoms with E-state index in [9.17, 15) is 65.8 Å². The number of ether oxygens (including phenoxy) is 6. The van der Waals surface area contributed by atoms with E-state index >= 15 is 0 Å². The van der Waals surface area contributed by atoms with Crippen LogP contribution in [0, 0.1) is 50.2 Å². The SMILES string of the molecule is CC1(C)CC[C@]2(C(=O)O[C@@H]3O[C@@H](CO)[C@@H](O)[C@H](O)[C@H]3O)CC[C@@]3(C)C(=CC[C@@H]4[C@@]5(C)CC[C@@H](O[C@H]6O[C@@H](C(=O)O)[C@H](O)[C@@H](O)[C@H]6O[C@@H]6O[C@H](CO)[C@H](O)[C@@H](O)[C@H]6O)C(C)(C)[C@H]5CC[C@@]43C)[C@H]2C1. The standard InChI is InChI=1S/C48H76O19/c1-43(2)14-16-48(42(61)67-40-35(58)31(54)29(52)24(20-50)63-40)17-15-46(6)21(22(48)18-43)8-9-26-45(5)12-11-27(44(3,4)25(45)10-13-47(26,46)7)64-41-37(33(56)32(55)36(65-41)38(59)60)66-39-34(57)30(53)28(51)23(19-49)62-39/h8,22-37,39-41,49-58H,9-20H2,1-7H3,(H,59,60)/t22-,23-,24+,25-,26-,27-,28+,29-,30-,31+,32-,33-,34-,35-,36-,37-,39+,40+,41+,45+,46+,47+,48+/m1/s1. The van der Waals surface area contributed by atoms with Crippen LogP contribution in [0.4, 0.5) is 0 Å². The van der Waals surface area contributed by atoms with Crippen LogP contribution in [-0.4, -0.2) is 180 Å². The van der Waals surface area contributed by atoms with Gasteiger partial charge < -0.3 is 84.6 Å². The third-order valence-electron chi connectivity index (χ3n) is 19.3. The summed E-state index contributed by atoms with van der Waals surface area (Å²) >= 11 is 0. The van der Waals surface area contributed by atoms with Crippen molar-refractivity contribution in [2.45, 2.75) is 211 Å². The molecule has 0 aromatic carbocycles. The van der Waals surface area contributed by atoms with Crippen molar-refractivity contribution in [1.82, 2.24) is 0 Å². The van der Waals surface area contributed by atoms with Gasteiger partial charge in [0.2, 0.25) is 6.29 Å². The van der Waals surface area contributed by atoms with Crippen molar-refractivity contribution < 1.29 is 94.2 Å². The second-order valence-corrected chi connectivity index (χ2v) is 23.5. The largest absolute Gasteiger partial charge is 0.479 e. The maximum absolute atomic E-state index is 14.7. The van der Waals surface area contributed by atoms with Gasteiger partial charge in [-0.15, -0.1) is 0 Å². The number of aliphatic hydroxyl groups excluding tert-OH is 10. The molecule has 4 saturated carbocycles. The minimum atomic E-state index is -1.98. The Labute approximate surface area is 391 Å². The Balaban J connectivity index is 1.05. The highest BCUT2D eigenvalue weighted by atomic mass is 16.8. The lowest BCUT2D eigenvalue weighted by molar-refractivity contribution is -0.374. The third-order valence-corrected chi connectivity index (χ3v) is 19.3. The number of esters is 1. The Morgan fingerprint density at radius 3 is 1.85 bits per heavy atom. The second kappa shape index (κ2) is 18.0. The molecule has 3 heterocycles. The molecule has 3 aliphatic heterocycles. The molecule has 0 bridgehead atoms. The molecule has 23 atom stereocenters. The third kappa shape index (κ3) is 8.06. The van der Waals surface area contributed by atoms with Gasteiger partial charge >= 0.3 is 11.9 Å².